The quantitative estimate of drug-likeness (QED) is 0.616. The minimum atomic E-state index is -0.396. The fourth-order valence-corrected chi connectivity index (χ4v) is 1.52. The van der Waals surface area contributed by atoms with Gasteiger partial charge in [-0.15, -0.1) is 0 Å². The average Bonchev–Trinajstić information content (AvgIpc) is 2.15. The Morgan fingerprint density at radius 2 is 1.47 bits per heavy atom. The van der Waals surface area contributed by atoms with E-state index in [2.05, 4.69) is 20.8 Å². The van der Waals surface area contributed by atoms with Gasteiger partial charge in [0.2, 0.25) is 0 Å². The van der Waals surface area contributed by atoms with E-state index in [9.17, 15) is 0 Å². The Bertz CT molecular complexity index is 223. The summed E-state index contributed by atoms with van der Waals surface area (Å²) in [5.41, 5.74) is 0.432. The lowest BCUT2D eigenvalue weighted by molar-refractivity contribution is 0.356. The van der Waals surface area contributed by atoms with E-state index in [0.29, 0.717) is 5.41 Å². The molecule has 0 aliphatic heterocycles. The van der Waals surface area contributed by atoms with Crippen LogP contribution in [0.4, 0.5) is 0 Å². The van der Waals surface area contributed by atoms with Gasteiger partial charge in [-0.1, -0.05) is 46.5 Å². The Hall–Kier alpha value is -1.02. The molecule has 0 radical (unpaired) electrons. The van der Waals surface area contributed by atoms with Crippen LogP contribution in [0.1, 0.15) is 59.3 Å². The van der Waals surface area contributed by atoms with E-state index < -0.39 is 5.92 Å². The normalized spacial score (nSPS) is 11.1. The molecule has 0 unspecified atom stereocenters. The molecule has 0 aromatic carbocycles. The van der Waals surface area contributed by atoms with E-state index in [1.165, 1.54) is 19.3 Å². The van der Waals surface area contributed by atoms with Crippen LogP contribution in [0, 0.1) is 34.0 Å². The van der Waals surface area contributed by atoms with Crippen molar-refractivity contribution in [2.75, 3.05) is 0 Å². The van der Waals surface area contributed by atoms with Crippen molar-refractivity contribution in [3.8, 4) is 12.1 Å². The summed E-state index contributed by atoms with van der Waals surface area (Å²) in [4.78, 5) is 0. The highest BCUT2D eigenvalue weighted by molar-refractivity contribution is 4.98. The predicted molar refractivity (Wildman–Crippen MR) is 61.9 cm³/mol. The Balaban J connectivity index is 3.34. The van der Waals surface area contributed by atoms with E-state index in [-0.39, 0.29) is 0 Å². The van der Waals surface area contributed by atoms with Gasteiger partial charge in [0.15, 0.2) is 0 Å². The van der Waals surface area contributed by atoms with Crippen LogP contribution in [0.3, 0.4) is 0 Å². The van der Waals surface area contributed by atoms with E-state index in [1.54, 1.807) is 0 Å². The Labute approximate surface area is 93.9 Å². The molecule has 84 valence electrons. The lowest BCUT2D eigenvalue weighted by atomic mass is 9.89. The molecule has 0 heterocycles. The summed E-state index contributed by atoms with van der Waals surface area (Å²) in [7, 11) is 0. The van der Waals surface area contributed by atoms with Crippen LogP contribution in [0.15, 0.2) is 0 Å². The Morgan fingerprint density at radius 3 is 1.93 bits per heavy atom. The first-order valence-corrected chi connectivity index (χ1v) is 5.79. The maximum absolute atomic E-state index is 8.56. The molecule has 0 bridgehead atoms. The zero-order chi connectivity index (χ0) is 11.7. The van der Waals surface area contributed by atoms with E-state index in [1.807, 2.05) is 12.1 Å². The molecule has 0 amide bonds. The van der Waals surface area contributed by atoms with Crippen LogP contribution in [0.5, 0.6) is 0 Å². The molecule has 2 heteroatoms. The molecule has 0 atom stereocenters. The Morgan fingerprint density at radius 1 is 0.933 bits per heavy atom. The van der Waals surface area contributed by atoms with E-state index >= 15 is 0 Å². The second-order valence-electron chi connectivity index (χ2n) is 5.32. The molecule has 0 N–H and O–H groups in total. The van der Waals surface area contributed by atoms with Crippen molar-refractivity contribution in [1.29, 1.82) is 10.5 Å². The zero-order valence-corrected chi connectivity index (χ0v) is 10.2. The van der Waals surface area contributed by atoms with Gasteiger partial charge in [0.1, 0.15) is 5.92 Å². The third kappa shape index (κ3) is 9.29. The second kappa shape index (κ2) is 7.30. The summed E-state index contributed by atoms with van der Waals surface area (Å²) >= 11 is 0. The SMILES string of the molecule is CC(C)(C)CCCCCCC(C#N)C#N. The molecule has 2 nitrogen and oxygen atoms in total. The second-order valence-corrected chi connectivity index (χ2v) is 5.32. The zero-order valence-electron chi connectivity index (χ0n) is 10.2. The molecule has 0 rings (SSSR count). The first kappa shape index (κ1) is 14.0. The topological polar surface area (TPSA) is 47.6 Å². The minimum Gasteiger partial charge on any atom is -0.197 e. The van der Waals surface area contributed by atoms with Crippen LogP contribution >= 0.6 is 0 Å². The molecule has 0 fully saturated rings. The highest BCUT2D eigenvalue weighted by atomic mass is 14.3. The molecule has 0 aromatic heterocycles. The van der Waals surface area contributed by atoms with Crippen LogP contribution in [0.2, 0.25) is 0 Å². The summed E-state index contributed by atoms with van der Waals surface area (Å²) in [5.74, 6) is -0.396. The van der Waals surface area contributed by atoms with Gasteiger partial charge in [-0.3, -0.25) is 0 Å². The monoisotopic (exact) mass is 206 g/mol. The van der Waals surface area contributed by atoms with Crippen molar-refractivity contribution in [2.24, 2.45) is 11.3 Å². The van der Waals surface area contributed by atoms with Crippen LogP contribution in [0.25, 0.3) is 0 Å². The molecule has 0 saturated heterocycles. The lowest BCUT2D eigenvalue weighted by Gasteiger charge is -2.17. The highest BCUT2D eigenvalue weighted by Gasteiger charge is 2.09. The summed E-state index contributed by atoms with van der Waals surface area (Å²) in [6, 6.07) is 4.01. The third-order valence-electron chi connectivity index (χ3n) is 2.48. The molecule has 0 saturated carbocycles. The molecular formula is C13H22N2. The molecule has 0 aliphatic carbocycles. The molecule has 0 aromatic rings. The van der Waals surface area contributed by atoms with Gasteiger partial charge in [-0.05, 0) is 18.3 Å². The number of nitrogens with zero attached hydrogens (tertiary/aromatic N) is 2. The van der Waals surface area contributed by atoms with Gasteiger partial charge in [-0.2, -0.15) is 10.5 Å². The molecule has 15 heavy (non-hydrogen) atoms. The average molecular weight is 206 g/mol. The fourth-order valence-electron chi connectivity index (χ4n) is 1.52. The predicted octanol–water partition coefficient (Wildman–Crippen LogP) is 4.04. The first-order chi connectivity index (χ1) is 6.99. The van der Waals surface area contributed by atoms with Gasteiger partial charge in [0.25, 0.3) is 0 Å². The summed E-state index contributed by atoms with van der Waals surface area (Å²) in [5, 5.41) is 17.1. The van der Waals surface area contributed by atoms with Crippen molar-refractivity contribution >= 4 is 0 Å². The van der Waals surface area contributed by atoms with Crippen molar-refractivity contribution < 1.29 is 0 Å². The van der Waals surface area contributed by atoms with Crippen molar-refractivity contribution in [3.63, 3.8) is 0 Å². The first-order valence-electron chi connectivity index (χ1n) is 5.79. The van der Waals surface area contributed by atoms with Gasteiger partial charge in [0.05, 0.1) is 12.1 Å². The summed E-state index contributed by atoms with van der Waals surface area (Å²) in [6.07, 6.45) is 6.63. The third-order valence-corrected chi connectivity index (χ3v) is 2.48. The van der Waals surface area contributed by atoms with Gasteiger partial charge in [0, 0.05) is 0 Å². The number of nitriles is 2. The lowest BCUT2D eigenvalue weighted by Crippen LogP contribution is -2.03. The molecule has 0 aliphatic rings. The van der Waals surface area contributed by atoms with Crippen LogP contribution in [-0.4, -0.2) is 0 Å². The van der Waals surface area contributed by atoms with Crippen LogP contribution in [-0.2, 0) is 0 Å². The smallest absolute Gasteiger partial charge is 0.133 e. The van der Waals surface area contributed by atoms with Crippen molar-refractivity contribution in [3.05, 3.63) is 0 Å². The van der Waals surface area contributed by atoms with E-state index in [0.717, 1.165) is 19.3 Å². The highest BCUT2D eigenvalue weighted by Crippen LogP contribution is 2.22. The largest absolute Gasteiger partial charge is 0.197 e. The fraction of sp³-hybridized carbons (Fsp3) is 0.846. The maximum atomic E-state index is 8.56. The van der Waals surface area contributed by atoms with Crippen molar-refractivity contribution in [2.45, 2.75) is 59.3 Å². The number of unbranched alkanes of at least 4 members (excludes halogenated alkanes) is 3. The summed E-state index contributed by atoms with van der Waals surface area (Å²) in [6.45, 7) is 6.77. The number of hydrogen-bond acceptors (Lipinski definition) is 2. The van der Waals surface area contributed by atoms with Gasteiger partial charge < -0.3 is 0 Å². The number of rotatable bonds is 6. The van der Waals surface area contributed by atoms with Gasteiger partial charge in [-0.25, -0.2) is 0 Å². The minimum absolute atomic E-state index is 0.396. The van der Waals surface area contributed by atoms with Gasteiger partial charge >= 0.3 is 0 Å². The number of hydrogen-bond donors (Lipinski definition) is 0. The molecule has 0 spiro atoms. The maximum Gasteiger partial charge on any atom is 0.133 e. The Kier molecular flexibility index (Phi) is 6.80. The van der Waals surface area contributed by atoms with Crippen molar-refractivity contribution in [1.82, 2.24) is 0 Å². The van der Waals surface area contributed by atoms with E-state index in [4.69, 9.17) is 10.5 Å². The molecular weight excluding hydrogens is 184 g/mol. The standard InChI is InChI=1S/C13H22N2/c1-13(2,3)9-7-5-4-6-8-12(10-14)11-15/h12H,4-9H2,1-3H3. The van der Waals surface area contributed by atoms with Crippen LogP contribution < -0.4 is 0 Å². The summed E-state index contributed by atoms with van der Waals surface area (Å²) < 4.78 is 0.